The summed E-state index contributed by atoms with van der Waals surface area (Å²) in [6.07, 6.45) is 8.02. The molecule has 2 saturated heterocycles. The van der Waals surface area contributed by atoms with E-state index in [1.807, 2.05) is 24.1 Å². The number of carbonyl (C=O) groups excluding carboxylic acids is 2. The van der Waals surface area contributed by atoms with Crippen molar-refractivity contribution in [2.45, 2.75) is 70.8 Å². The Balaban J connectivity index is 1.42. The molecule has 9 nitrogen and oxygen atoms in total. The van der Waals surface area contributed by atoms with Gasteiger partial charge in [-0.25, -0.2) is 15.0 Å². The first kappa shape index (κ1) is 25.5. The Kier molecular flexibility index (Phi) is 8.67. The van der Waals surface area contributed by atoms with E-state index in [9.17, 15) is 9.59 Å². The average molecular weight is 501 g/mol. The van der Waals surface area contributed by atoms with Gasteiger partial charge in [0.25, 0.3) is 0 Å². The van der Waals surface area contributed by atoms with Gasteiger partial charge in [-0.2, -0.15) is 0 Å². The minimum absolute atomic E-state index is 0.0220. The van der Waals surface area contributed by atoms with Crippen LogP contribution in [0.15, 0.2) is 12.3 Å². The second kappa shape index (κ2) is 11.9. The van der Waals surface area contributed by atoms with Gasteiger partial charge in [0.1, 0.15) is 24.3 Å². The van der Waals surface area contributed by atoms with Crippen molar-refractivity contribution in [3.8, 4) is 0 Å². The highest BCUT2D eigenvalue weighted by atomic mass is 32.1. The molecule has 190 valence electrons. The van der Waals surface area contributed by atoms with E-state index in [1.54, 1.807) is 16.2 Å². The number of ether oxygens (including phenoxy) is 1. The number of aromatic nitrogens is 3. The molecule has 2 amide bonds. The number of hydrogen-bond acceptors (Lipinski definition) is 8. The highest BCUT2D eigenvalue weighted by molar-refractivity contribution is 7.15. The molecule has 0 unspecified atom stereocenters. The maximum atomic E-state index is 13.4. The SMILES string of the molecule is CCCc1cc(Nc2ncc(C)s2)nc(C2CCN(C(=O)[C@H]3CCCCN3C(=O)COC)CC2)n1. The van der Waals surface area contributed by atoms with Gasteiger partial charge in [-0.05, 0) is 45.4 Å². The summed E-state index contributed by atoms with van der Waals surface area (Å²) in [5.74, 6) is 1.79. The van der Waals surface area contributed by atoms with E-state index in [0.717, 1.165) is 72.3 Å². The topological polar surface area (TPSA) is 101 Å². The zero-order chi connectivity index (χ0) is 24.8. The van der Waals surface area contributed by atoms with Gasteiger partial charge in [0.15, 0.2) is 5.13 Å². The number of nitrogens with zero attached hydrogens (tertiary/aromatic N) is 5. The minimum atomic E-state index is -0.371. The summed E-state index contributed by atoms with van der Waals surface area (Å²) in [5.41, 5.74) is 1.03. The first-order chi connectivity index (χ1) is 17.0. The molecule has 1 atom stereocenters. The Morgan fingerprint density at radius 3 is 2.66 bits per heavy atom. The Morgan fingerprint density at radius 2 is 1.97 bits per heavy atom. The molecule has 2 aliphatic heterocycles. The summed E-state index contributed by atoms with van der Waals surface area (Å²) >= 11 is 1.60. The summed E-state index contributed by atoms with van der Waals surface area (Å²) in [6.45, 7) is 6.14. The molecule has 10 heteroatoms. The second-order valence-corrected chi connectivity index (χ2v) is 10.6. The van der Waals surface area contributed by atoms with Crippen molar-refractivity contribution >= 4 is 34.1 Å². The molecule has 2 aromatic rings. The Morgan fingerprint density at radius 1 is 1.17 bits per heavy atom. The van der Waals surface area contributed by atoms with Crippen molar-refractivity contribution in [2.75, 3.05) is 38.7 Å². The van der Waals surface area contributed by atoms with E-state index in [4.69, 9.17) is 14.7 Å². The average Bonchev–Trinajstić information content (AvgIpc) is 3.28. The standard InChI is InChI=1S/C25H36N6O3S/c1-4-7-19-14-21(29-25-26-15-17(2)35-25)28-23(27-19)18-9-12-30(13-10-18)24(33)20-8-5-6-11-31(20)22(32)16-34-3/h14-15,18,20H,4-13,16H2,1-3H3,(H,26,27,28,29)/t20-/m1/s1. The van der Waals surface area contributed by atoms with Gasteiger partial charge in [0.2, 0.25) is 11.8 Å². The number of thiazole rings is 1. The quantitative estimate of drug-likeness (QED) is 0.590. The van der Waals surface area contributed by atoms with Gasteiger partial charge in [-0.15, -0.1) is 11.3 Å². The monoisotopic (exact) mass is 500 g/mol. The smallest absolute Gasteiger partial charge is 0.249 e. The number of anilines is 2. The number of rotatable bonds is 8. The highest BCUT2D eigenvalue weighted by Gasteiger charge is 2.36. The molecule has 35 heavy (non-hydrogen) atoms. The third-order valence-corrected chi connectivity index (χ3v) is 7.53. The molecule has 0 saturated carbocycles. The van der Waals surface area contributed by atoms with Crippen LogP contribution in [0.4, 0.5) is 10.9 Å². The minimum Gasteiger partial charge on any atom is -0.375 e. The number of hydrogen-bond donors (Lipinski definition) is 1. The molecule has 0 bridgehead atoms. The molecule has 2 aliphatic rings. The van der Waals surface area contributed by atoms with E-state index in [0.29, 0.717) is 19.6 Å². The first-order valence-electron chi connectivity index (χ1n) is 12.6. The Hall–Kier alpha value is -2.59. The van der Waals surface area contributed by atoms with Crippen LogP contribution in [0.5, 0.6) is 0 Å². The van der Waals surface area contributed by atoms with Crippen LogP contribution < -0.4 is 5.32 Å². The van der Waals surface area contributed by atoms with Crippen LogP contribution in [0.2, 0.25) is 0 Å². The molecule has 2 fully saturated rings. The van der Waals surface area contributed by atoms with E-state index in [1.165, 1.54) is 7.11 Å². The lowest BCUT2D eigenvalue weighted by Gasteiger charge is -2.39. The van der Waals surface area contributed by atoms with Gasteiger partial charge in [0, 0.05) is 55.5 Å². The second-order valence-electron chi connectivity index (χ2n) is 9.39. The lowest BCUT2D eigenvalue weighted by molar-refractivity contribution is -0.150. The number of likely N-dealkylation sites (tertiary alicyclic amines) is 2. The number of amides is 2. The molecular formula is C25H36N6O3S. The van der Waals surface area contributed by atoms with Gasteiger partial charge < -0.3 is 19.9 Å². The molecular weight excluding hydrogens is 464 g/mol. The molecule has 0 aromatic carbocycles. The van der Waals surface area contributed by atoms with Crippen molar-refractivity contribution < 1.29 is 14.3 Å². The molecule has 1 N–H and O–H groups in total. The van der Waals surface area contributed by atoms with Crippen molar-refractivity contribution in [3.05, 3.63) is 28.7 Å². The molecule has 0 aliphatic carbocycles. The van der Waals surface area contributed by atoms with E-state index in [-0.39, 0.29) is 30.4 Å². The number of methoxy groups -OCH3 is 1. The van der Waals surface area contributed by atoms with Crippen LogP contribution in [0.25, 0.3) is 0 Å². The zero-order valence-electron chi connectivity index (χ0n) is 21.0. The lowest BCUT2D eigenvalue weighted by Crippen LogP contribution is -2.55. The summed E-state index contributed by atoms with van der Waals surface area (Å²) < 4.78 is 5.03. The van der Waals surface area contributed by atoms with Crippen LogP contribution in [0, 0.1) is 6.92 Å². The van der Waals surface area contributed by atoms with Crippen LogP contribution in [-0.4, -0.2) is 76.0 Å². The fourth-order valence-electron chi connectivity index (χ4n) is 4.93. The number of piperidine rings is 2. The highest BCUT2D eigenvalue weighted by Crippen LogP contribution is 2.30. The maximum absolute atomic E-state index is 13.4. The van der Waals surface area contributed by atoms with Gasteiger partial charge >= 0.3 is 0 Å². The fraction of sp³-hybridized carbons (Fsp3) is 0.640. The summed E-state index contributed by atoms with van der Waals surface area (Å²) in [6, 6.07) is 1.64. The lowest BCUT2D eigenvalue weighted by atomic mass is 9.94. The van der Waals surface area contributed by atoms with Crippen LogP contribution in [0.3, 0.4) is 0 Å². The molecule has 4 rings (SSSR count). The predicted molar refractivity (Wildman–Crippen MR) is 136 cm³/mol. The summed E-state index contributed by atoms with van der Waals surface area (Å²) in [7, 11) is 1.51. The number of aryl methyl sites for hydroxylation is 2. The Labute approximate surface area is 211 Å². The Bertz CT molecular complexity index is 1020. The van der Waals surface area contributed by atoms with E-state index in [2.05, 4.69) is 17.2 Å². The third-order valence-electron chi connectivity index (χ3n) is 6.71. The predicted octanol–water partition coefficient (Wildman–Crippen LogP) is 3.67. The zero-order valence-corrected chi connectivity index (χ0v) is 21.8. The number of carbonyl (C=O) groups is 2. The van der Waals surface area contributed by atoms with E-state index >= 15 is 0 Å². The molecule has 2 aromatic heterocycles. The molecule has 4 heterocycles. The summed E-state index contributed by atoms with van der Waals surface area (Å²) in [5, 5.41) is 4.17. The van der Waals surface area contributed by atoms with Crippen LogP contribution in [0.1, 0.15) is 67.8 Å². The maximum Gasteiger partial charge on any atom is 0.249 e. The largest absolute Gasteiger partial charge is 0.375 e. The van der Waals surface area contributed by atoms with Crippen molar-refractivity contribution in [1.82, 2.24) is 24.8 Å². The van der Waals surface area contributed by atoms with Gasteiger partial charge in [-0.3, -0.25) is 9.59 Å². The van der Waals surface area contributed by atoms with Gasteiger partial charge in [-0.1, -0.05) is 13.3 Å². The van der Waals surface area contributed by atoms with Crippen LogP contribution >= 0.6 is 11.3 Å². The number of nitrogens with one attached hydrogen (secondary N) is 1. The van der Waals surface area contributed by atoms with E-state index < -0.39 is 0 Å². The van der Waals surface area contributed by atoms with Crippen molar-refractivity contribution in [3.63, 3.8) is 0 Å². The summed E-state index contributed by atoms with van der Waals surface area (Å²) in [4.78, 5) is 44.7. The third kappa shape index (κ3) is 6.35. The van der Waals surface area contributed by atoms with Crippen molar-refractivity contribution in [1.29, 1.82) is 0 Å². The molecule has 0 radical (unpaired) electrons. The normalized spacial score (nSPS) is 19.1. The van der Waals surface area contributed by atoms with Crippen molar-refractivity contribution in [2.24, 2.45) is 0 Å². The molecule has 0 spiro atoms. The van der Waals surface area contributed by atoms with Crippen LogP contribution in [-0.2, 0) is 20.7 Å². The van der Waals surface area contributed by atoms with Gasteiger partial charge in [0.05, 0.1) is 0 Å². The first-order valence-corrected chi connectivity index (χ1v) is 13.4. The fourth-order valence-corrected chi connectivity index (χ4v) is 5.60.